The molecule has 0 fully saturated rings. The molecule has 1 N–H and O–H groups in total. The Balaban J connectivity index is 2.18. The molecule has 1 aromatic heterocycles. The summed E-state index contributed by atoms with van der Waals surface area (Å²) in [5.74, 6) is 0. The summed E-state index contributed by atoms with van der Waals surface area (Å²) in [6.45, 7) is 5.22. The topological polar surface area (TPSA) is 12.0 Å². The Morgan fingerprint density at radius 3 is 2.72 bits per heavy atom. The Labute approximate surface area is 125 Å². The van der Waals surface area contributed by atoms with Crippen molar-refractivity contribution < 1.29 is 0 Å². The van der Waals surface area contributed by atoms with Crippen molar-refractivity contribution in [3.8, 4) is 10.4 Å². The highest BCUT2D eigenvalue weighted by molar-refractivity contribution is 9.10. The zero-order chi connectivity index (χ0) is 13.1. The third-order valence-corrected chi connectivity index (χ3v) is 4.47. The molecule has 1 nitrogen and oxygen atoms in total. The van der Waals surface area contributed by atoms with Gasteiger partial charge in [0.1, 0.15) is 0 Å². The maximum Gasteiger partial charge on any atom is 0.0503 e. The molecule has 0 bridgehead atoms. The van der Waals surface area contributed by atoms with Gasteiger partial charge in [0.15, 0.2) is 0 Å². The molecule has 0 amide bonds. The number of thiophene rings is 1. The van der Waals surface area contributed by atoms with Crippen LogP contribution in [-0.2, 0) is 6.54 Å². The van der Waals surface area contributed by atoms with Crippen LogP contribution in [0.5, 0.6) is 0 Å². The average molecular weight is 345 g/mol. The number of hydrogen-bond acceptors (Lipinski definition) is 2. The van der Waals surface area contributed by atoms with Crippen LogP contribution in [0.4, 0.5) is 0 Å². The van der Waals surface area contributed by atoms with Crippen molar-refractivity contribution in [1.29, 1.82) is 0 Å². The predicted octanol–water partition coefficient (Wildman–Crippen LogP) is 5.33. The van der Waals surface area contributed by atoms with Crippen molar-refractivity contribution in [3.05, 3.63) is 44.7 Å². The van der Waals surface area contributed by atoms with Crippen LogP contribution in [0.1, 0.15) is 18.7 Å². The predicted molar refractivity (Wildman–Crippen MR) is 84.4 cm³/mol. The van der Waals surface area contributed by atoms with Gasteiger partial charge in [0.25, 0.3) is 0 Å². The van der Waals surface area contributed by atoms with E-state index in [2.05, 4.69) is 53.3 Å². The van der Waals surface area contributed by atoms with Gasteiger partial charge in [-0.3, -0.25) is 0 Å². The smallest absolute Gasteiger partial charge is 0.0503 e. The Hall–Kier alpha value is -0.350. The Morgan fingerprint density at radius 2 is 2.06 bits per heavy atom. The quantitative estimate of drug-likeness (QED) is 0.790. The molecule has 0 saturated carbocycles. The molecule has 2 aromatic rings. The highest BCUT2D eigenvalue weighted by Crippen LogP contribution is 2.34. The molecular formula is C14H15BrClNS. The molecule has 0 unspecified atom stereocenters. The average Bonchev–Trinajstić information content (AvgIpc) is 2.75. The second-order valence-electron chi connectivity index (χ2n) is 4.43. The minimum Gasteiger partial charge on any atom is -0.310 e. The molecule has 0 saturated heterocycles. The lowest BCUT2D eigenvalue weighted by atomic mass is 10.2. The highest BCUT2D eigenvalue weighted by Gasteiger charge is 2.07. The van der Waals surface area contributed by atoms with Gasteiger partial charge in [0.05, 0.1) is 5.02 Å². The molecule has 4 heteroatoms. The molecule has 0 radical (unpaired) electrons. The van der Waals surface area contributed by atoms with Gasteiger partial charge in [0.2, 0.25) is 0 Å². The number of halogens is 2. The Kier molecular flexibility index (Phi) is 4.84. The van der Waals surface area contributed by atoms with Gasteiger partial charge in [-0.25, -0.2) is 0 Å². The molecule has 0 atom stereocenters. The molecular weight excluding hydrogens is 330 g/mol. The number of rotatable bonds is 4. The fourth-order valence-electron chi connectivity index (χ4n) is 1.61. The van der Waals surface area contributed by atoms with Crippen LogP contribution < -0.4 is 5.32 Å². The van der Waals surface area contributed by atoms with E-state index in [1.807, 2.05) is 12.1 Å². The fourth-order valence-corrected chi connectivity index (χ4v) is 3.44. The van der Waals surface area contributed by atoms with E-state index in [0.717, 1.165) is 21.6 Å². The monoisotopic (exact) mass is 343 g/mol. The van der Waals surface area contributed by atoms with E-state index in [0.29, 0.717) is 6.04 Å². The lowest BCUT2D eigenvalue weighted by molar-refractivity contribution is 0.593. The molecule has 0 spiro atoms. The molecule has 0 aliphatic carbocycles. The van der Waals surface area contributed by atoms with Gasteiger partial charge in [-0.15, -0.1) is 11.3 Å². The summed E-state index contributed by atoms with van der Waals surface area (Å²) in [5, 5.41) is 4.21. The molecule has 18 heavy (non-hydrogen) atoms. The zero-order valence-electron chi connectivity index (χ0n) is 10.3. The van der Waals surface area contributed by atoms with Crippen LogP contribution in [0.15, 0.2) is 34.8 Å². The number of nitrogens with one attached hydrogen (secondary N) is 1. The molecule has 2 rings (SSSR count). The van der Waals surface area contributed by atoms with Gasteiger partial charge in [-0.1, -0.05) is 47.4 Å². The summed E-state index contributed by atoms with van der Waals surface area (Å²) < 4.78 is 1.01. The molecule has 0 aliphatic heterocycles. The van der Waals surface area contributed by atoms with Gasteiger partial charge >= 0.3 is 0 Å². The lowest BCUT2D eigenvalue weighted by Gasteiger charge is -2.05. The molecule has 0 aliphatic rings. The van der Waals surface area contributed by atoms with E-state index < -0.39 is 0 Å². The van der Waals surface area contributed by atoms with Crippen molar-refractivity contribution in [2.75, 3.05) is 0 Å². The van der Waals surface area contributed by atoms with E-state index in [9.17, 15) is 0 Å². The first-order chi connectivity index (χ1) is 8.56. The number of benzene rings is 1. The van der Waals surface area contributed by atoms with Crippen molar-refractivity contribution in [1.82, 2.24) is 5.32 Å². The van der Waals surface area contributed by atoms with Crippen LogP contribution in [0.2, 0.25) is 5.02 Å². The molecule has 1 aromatic carbocycles. The maximum atomic E-state index is 6.26. The van der Waals surface area contributed by atoms with E-state index in [4.69, 9.17) is 11.6 Å². The van der Waals surface area contributed by atoms with Crippen molar-refractivity contribution in [2.24, 2.45) is 0 Å². The van der Waals surface area contributed by atoms with Crippen molar-refractivity contribution >= 4 is 38.9 Å². The first-order valence-electron chi connectivity index (χ1n) is 5.84. The highest BCUT2D eigenvalue weighted by atomic mass is 79.9. The summed E-state index contributed by atoms with van der Waals surface area (Å²) in [4.78, 5) is 2.55. The Bertz CT molecular complexity index is 536. The van der Waals surface area contributed by atoms with E-state index in [1.165, 1.54) is 9.75 Å². The summed E-state index contributed by atoms with van der Waals surface area (Å²) >= 11 is 11.5. The van der Waals surface area contributed by atoms with Crippen molar-refractivity contribution in [2.45, 2.75) is 26.4 Å². The Morgan fingerprint density at radius 1 is 1.28 bits per heavy atom. The minimum absolute atomic E-state index is 0.506. The normalized spacial score (nSPS) is 11.2. The summed E-state index contributed by atoms with van der Waals surface area (Å²) in [7, 11) is 0. The van der Waals surface area contributed by atoms with Crippen LogP contribution in [-0.4, -0.2) is 6.04 Å². The third kappa shape index (κ3) is 3.58. The molecule has 1 heterocycles. The SMILES string of the molecule is CC(C)NCc1ccc(-c2ccc(Br)cc2Cl)s1. The van der Waals surface area contributed by atoms with Gasteiger partial charge < -0.3 is 5.32 Å². The van der Waals surface area contributed by atoms with Crippen LogP contribution in [0.25, 0.3) is 10.4 Å². The second kappa shape index (κ2) is 6.20. The zero-order valence-corrected chi connectivity index (χ0v) is 13.5. The first kappa shape index (κ1) is 14.1. The standard InChI is InChI=1S/C14H15BrClNS/c1-9(2)17-8-11-4-6-14(18-11)12-5-3-10(15)7-13(12)16/h3-7,9,17H,8H2,1-2H3. The second-order valence-corrected chi connectivity index (χ2v) is 6.92. The molecule has 96 valence electrons. The maximum absolute atomic E-state index is 6.26. The first-order valence-corrected chi connectivity index (χ1v) is 7.82. The van der Waals surface area contributed by atoms with E-state index in [-0.39, 0.29) is 0 Å². The fraction of sp³-hybridized carbons (Fsp3) is 0.286. The van der Waals surface area contributed by atoms with E-state index >= 15 is 0 Å². The van der Waals surface area contributed by atoms with Crippen LogP contribution in [0.3, 0.4) is 0 Å². The summed E-state index contributed by atoms with van der Waals surface area (Å²) in [6.07, 6.45) is 0. The summed E-state index contributed by atoms with van der Waals surface area (Å²) in [6, 6.07) is 10.8. The van der Waals surface area contributed by atoms with Crippen LogP contribution in [0, 0.1) is 0 Å². The number of hydrogen-bond donors (Lipinski definition) is 1. The third-order valence-electron chi connectivity index (χ3n) is 2.54. The van der Waals surface area contributed by atoms with Gasteiger partial charge in [-0.2, -0.15) is 0 Å². The summed E-state index contributed by atoms with van der Waals surface area (Å²) in [5.41, 5.74) is 1.10. The van der Waals surface area contributed by atoms with Gasteiger partial charge in [-0.05, 0) is 24.3 Å². The minimum atomic E-state index is 0.506. The van der Waals surface area contributed by atoms with E-state index in [1.54, 1.807) is 11.3 Å². The lowest BCUT2D eigenvalue weighted by Crippen LogP contribution is -2.21. The van der Waals surface area contributed by atoms with Crippen molar-refractivity contribution in [3.63, 3.8) is 0 Å². The van der Waals surface area contributed by atoms with Gasteiger partial charge in [0, 0.05) is 32.4 Å². The largest absolute Gasteiger partial charge is 0.310 e. The van der Waals surface area contributed by atoms with Crippen LogP contribution >= 0.6 is 38.9 Å².